The van der Waals surface area contributed by atoms with Gasteiger partial charge in [-0.2, -0.15) is 0 Å². The Morgan fingerprint density at radius 3 is 2.97 bits per heavy atom. The van der Waals surface area contributed by atoms with Gasteiger partial charge in [0.05, 0.1) is 12.3 Å². The molecule has 0 amide bonds. The number of nitrogens with one attached hydrogen (secondary N) is 2. The summed E-state index contributed by atoms with van der Waals surface area (Å²) in [7, 11) is 0. The molecule has 160 valence electrons. The highest BCUT2D eigenvalue weighted by Gasteiger charge is 2.11. The van der Waals surface area contributed by atoms with Crippen molar-refractivity contribution >= 4 is 35.6 Å². The smallest absolute Gasteiger partial charge is 0.191 e. The number of pyridine rings is 1. The number of nitrogens with zero attached hydrogens (tertiary/aromatic N) is 3. The average molecular weight is 519 g/mol. The summed E-state index contributed by atoms with van der Waals surface area (Å²) in [6.45, 7) is 7.37. The number of benzene rings is 1. The summed E-state index contributed by atoms with van der Waals surface area (Å²) in [6, 6.07) is 10.6. The van der Waals surface area contributed by atoms with Crippen LogP contribution in [0.5, 0.6) is 5.75 Å². The molecule has 6 nitrogen and oxygen atoms in total. The summed E-state index contributed by atoms with van der Waals surface area (Å²) in [6.07, 6.45) is 6.93. The maximum Gasteiger partial charge on any atom is 0.191 e. The fraction of sp³-hybridized carbons (Fsp3) is 0.391. The van der Waals surface area contributed by atoms with Crippen LogP contribution < -0.4 is 15.4 Å². The van der Waals surface area contributed by atoms with Crippen LogP contribution in [0.3, 0.4) is 0 Å². The first-order valence-electron chi connectivity index (χ1n) is 10.4. The zero-order valence-corrected chi connectivity index (χ0v) is 20.0. The van der Waals surface area contributed by atoms with Gasteiger partial charge in [0.15, 0.2) is 5.96 Å². The molecule has 3 heterocycles. The number of halogens is 1. The van der Waals surface area contributed by atoms with Gasteiger partial charge in [-0.05, 0) is 49.1 Å². The largest absolute Gasteiger partial charge is 0.493 e. The van der Waals surface area contributed by atoms with Crippen molar-refractivity contribution in [1.82, 2.24) is 20.0 Å². The van der Waals surface area contributed by atoms with Gasteiger partial charge in [0.2, 0.25) is 0 Å². The van der Waals surface area contributed by atoms with Crippen molar-refractivity contribution < 1.29 is 4.74 Å². The van der Waals surface area contributed by atoms with E-state index in [4.69, 9.17) is 14.7 Å². The molecule has 1 aliphatic rings. The molecule has 7 heteroatoms. The molecule has 2 aromatic heterocycles. The molecule has 30 heavy (non-hydrogen) atoms. The minimum absolute atomic E-state index is 0. The normalized spacial score (nSPS) is 12.9. The van der Waals surface area contributed by atoms with Crippen molar-refractivity contribution in [2.75, 3.05) is 26.2 Å². The monoisotopic (exact) mass is 519 g/mol. The van der Waals surface area contributed by atoms with E-state index in [1.807, 2.05) is 12.3 Å². The van der Waals surface area contributed by atoms with Gasteiger partial charge in [-0.3, -0.25) is 4.99 Å². The van der Waals surface area contributed by atoms with Crippen molar-refractivity contribution in [3.63, 3.8) is 0 Å². The molecule has 3 aromatic rings. The van der Waals surface area contributed by atoms with Crippen molar-refractivity contribution in [1.29, 1.82) is 0 Å². The number of aryl methyl sites for hydroxylation is 1. The Morgan fingerprint density at radius 1 is 1.23 bits per heavy atom. The van der Waals surface area contributed by atoms with Gasteiger partial charge in [-0.1, -0.05) is 18.2 Å². The van der Waals surface area contributed by atoms with Gasteiger partial charge in [0.25, 0.3) is 0 Å². The molecule has 0 saturated carbocycles. The molecule has 1 aliphatic heterocycles. The number of imidazole rings is 1. The first-order chi connectivity index (χ1) is 14.2. The Kier molecular flexibility index (Phi) is 7.95. The van der Waals surface area contributed by atoms with E-state index in [1.54, 1.807) is 0 Å². The lowest BCUT2D eigenvalue weighted by atomic mass is 10.1. The maximum absolute atomic E-state index is 5.58. The molecular formula is C23H30IN5O. The Hall–Kier alpha value is -2.29. The predicted octanol–water partition coefficient (Wildman–Crippen LogP) is 3.54. The van der Waals surface area contributed by atoms with Crippen LogP contribution in [0.2, 0.25) is 0 Å². The highest BCUT2D eigenvalue weighted by Crippen LogP contribution is 2.25. The molecule has 0 aliphatic carbocycles. The van der Waals surface area contributed by atoms with E-state index >= 15 is 0 Å². The second-order valence-corrected chi connectivity index (χ2v) is 7.38. The third kappa shape index (κ3) is 5.44. The van der Waals surface area contributed by atoms with E-state index in [0.717, 1.165) is 62.0 Å². The zero-order valence-electron chi connectivity index (χ0n) is 17.6. The summed E-state index contributed by atoms with van der Waals surface area (Å²) >= 11 is 0. The van der Waals surface area contributed by atoms with Gasteiger partial charge < -0.3 is 19.8 Å². The lowest BCUT2D eigenvalue weighted by molar-refractivity contribution is 0.357. The minimum atomic E-state index is 0. The molecule has 0 saturated heterocycles. The number of rotatable bonds is 7. The SMILES string of the molecule is CCNC(=NCCc1cn2cccc(C)c2n1)NCCc1ccc2c(c1)CCO2.I. The number of aromatic nitrogens is 2. The van der Waals surface area contributed by atoms with E-state index in [-0.39, 0.29) is 24.0 Å². The summed E-state index contributed by atoms with van der Waals surface area (Å²) < 4.78 is 7.67. The number of ether oxygens (including phenoxy) is 1. The molecular weight excluding hydrogens is 489 g/mol. The molecule has 2 N–H and O–H groups in total. The Balaban J connectivity index is 0.00000256. The van der Waals surface area contributed by atoms with Crippen molar-refractivity contribution in [3.8, 4) is 5.75 Å². The zero-order chi connectivity index (χ0) is 20.1. The second-order valence-electron chi connectivity index (χ2n) is 7.38. The fourth-order valence-corrected chi connectivity index (χ4v) is 3.67. The Labute approximate surface area is 195 Å². The predicted molar refractivity (Wildman–Crippen MR) is 132 cm³/mol. The van der Waals surface area contributed by atoms with E-state index in [2.05, 4.69) is 59.3 Å². The van der Waals surface area contributed by atoms with Crippen molar-refractivity contribution in [3.05, 3.63) is 65.1 Å². The third-order valence-corrected chi connectivity index (χ3v) is 5.17. The second kappa shape index (κ2) is 10.7. The topological polar surface area (TPSA) is 63.0 Å². The summed E-state index contributed by atoms with van der Waals surface area (Å²) in [5.41, 5.74) is 5.94. The molecule has 0 radical (unpaired) electrons. The molecule has 0 atom stereocenters. The van der Waals surface area contributed by atoms with E-state index in [1.165, 1.54) is 16.7 Å². The van der Waals surface area contributed by atoms with Gasteiger partial charge in [-0.15, -0.1) is 24.0 Å². The van der Waals surface area contributed by atoms with Crippen molar-refractivity contribution in [2.24, 2.45) is 4.99 Å². The Morgan fingerprint density at radius 2 is 2.13 bits per heavy atom. The summed E-state index contributed by atoms with van der Waals surface area (Å²) in [5.74, 6) is 1.90. The van der Waals surface area contributed by atoms with Crippen LogP contribution in [-0.2, 0) is 19.3 Å². The number of hydrogen-bond donors (Lipinski definition) is 2. The van der Waals surface area contributed by atoms with E-state index < -0.39 is 0 Å². The van der Waals surface area contributed by atoms with Crippen LogP contribution in [0.1, 0.15) is 29.3 Å². The van der Waals surface area contributed by atoms with Crippen LogP contribution >= 0.6 is 24.0 Å². The van der Waals surface area contributed by atoms with E-state index in [9.17, 15) is 0 Å². The Bertz CT molecular complexity index is 1010. The standard InChI is InChI=1S/C23H29N5O.HI/c1-3-24-23(25-11-8-18-6-7-21-19(15-18)10-14-29-21)26-12-9-20-16-28-13-4-5-17(2)22(28)27-20;/h4-7,13,15-16H,3,8-12,14H2,1-2H3,(H2,24,25,26);1H. The molecule has 4 rings (SSSR count). The lowest BCUT2D eigenvalue weighted by Gasteiger charge is -2.11. The van der Waals surface area contributed by atoms with Gasteiger partial charge >= 0.3 is 0 Å². The molecule has 0 bridgehead atoms. The van der Waals surface area contributed by atoms with Gasteiger partial charge in [0, 0.05) is 44.9 Å². The molecule has 0 fully saturated rings. The van der Waals surface area contributed by atoms with E-state index in [0.29, 0.717) is 6.54 Å². The van der Waals surface area contributed by atoms with Gasteiger partial charge in [0.1, 0.15) is 11.4 Å². The summed E-state index contributed by atoms with van der Waals surface area (Å²) in [5, 5.41) is 6.77. The average Bonchev–Trinajstić information content (AvgIpc) is 3.35. The molecule has 0 spiro atoms. The molecule has 1 aromatic carbocycles. The lowest BCUT2D eigenvalue weighted by Crippen LogP contribution is -2.38. The van der Waals surface area contributed by atoms with Crippen LogP contribution in [0.25, 0.3) is 5.65 Å². The highest BCUT2D eigenvalue weighted by atomic mass is 127. The van der Waals surface area contributed by atoms with Crippen molar-refractivity contribution in [2.45, 2.75) is 33.1 Å². The highest BCUT2D eigenvalue weighted by molar-refractivity contribution is 14.0. The number of fused-ring (bicyclic) bond motifs is 2. The first-order valence-corrected chi connectivity index (χ1v) is 10.4. The number of hydrogen-bond acceptors (Lipinski definition) is 3. The van der Waals surface area contributed by atoms with Crippen LogP contribution in [0.15, 0.2) is 47.7 Å². The fourth-order valence-electron chi connectivity index (χ4n) is 3.67. The minimum Gasteiger partial charge on any atom is -0.493 e. The third-order valence-electron chi connectivity index (χ3n) is 5.17. The quantitative estimate of drug-likeness (QED) is 0.285. The number of guanidine groups is 1. The van der Waals surface area contributed by atoms with Crippen LogP contribution in [0.4, 0.5) is 0 Å². The number of aliphatic imine (C=N–C) groups is 1. The molecule has 0 unspecified atom stereocenters. The van der Waals surface area contributed by atoms with Crippen LogP contribution in [-0.4, -0.2) is 41.6 Å². The first kappa shape index (κ1) is 22.4. The van der Waals surface area contributed by atoms with Crippen LogP contribution in [0, 0.1) is 6.92 Å². The maximum atomic E-state index is 5.58. The summed E-state index contributed by atoms with van der Waals surface area (Å²) in [4.78, 5) is 9.44. The van der Waals surface area contributed by atoms with Gasteiger partial charge in [-0.25, -0.2) is 4.98 Å².